The van der Waals surface area contributed by atoms with Crippen molar-refractivity contribution in [3.8, 4) is 5.75 Å². The molecule has 0 saturated heterocycles. The molecule has 0 saturated carbocycles. The molecule has 19 heavy (non-hydrogen) atoms. The Kier molecular flexibility index (Phi) is 5.40. The lowest BCUT2D eigenvalue weighted by Crippen LogP contribution is -2.22. The quantitative estimate of drug-likeness (QED) is 0.884. The van der Waals surface area contributed by atoms with E-state index in [2.05, 4.69) is 32.2 Å². The molecule has 0 aliphatic heterocycles. The highest BCUT2D eigenvalue weighted by Crippen LogP contribution is 2.31. The highest BCUT2D eigenvalue weighted by atomic mass is 16.5. The zero-order valence-electron chi connectivity index (χ0n) is 12.7. The molecule has 3 heteroatoms. The van der Waals surface area contributed by atoms with Crippen molar-refractivity contribution < 1.29 is 9.53 Å². The normalized spacial score (nSPS) is 11.2. The standard InChI is InChI=1S/C16H25NO2/c1-6-7-15(18)17-11-12-8-9-14(19-5)13(10-12)16(2,3)4/h8-10H,6-7,11H2,1-5H3,(H,17,18). The Balaban J connectivity index is 2.84. The molecule has 1 amide bonds. The molecule has 0 radical (unpaired) electrons. The fourth-order valence-corrected chi connectivity index (χ4v) is 1.97. The van der Waals surface area contributed by atoms with E-state index in [1.54, 1.807) is 7.11 Å². The minimum Gasteiger partial charge on any atom is -0.496 e. The highest BCUT2D eigenvalue weighted by molar-refractivity contribution is 5.75. The summed E-state index contributed by atoms with van der Waals surface area (Å²) in [5.74, 6) is 1.01. The number of amides is 1. The minimum atomic E-state index is 0.0226. The molecule has 0 bridgehead atoms. The molecule has 0 aliphatic rings. The van der Waals surface area contributed by atoms with Crippen LogP contribution in [0.1, 0.15) is 51.7 Å². The van der Waals surface area contributed by atoms with Crippen LogP contribution in [0.2, 0.25) is 0 Å². The van der Waals surface area contributed by atoms with Crippen LogP contribution in [0.4, 0.5) is 0 Å². The molecule has 1 aromatic rings. The summed E-state index contributed by atoms with van der Waals surface area (Å²) >= 11 is 0. The van der Waals surface area contributed by atoms with Gasteiger partial charge in [-0.3, -0.25) is 4.79 Å². The first kappa shape index (κ1) is 15.5. The Hall–Kier alpha value is -1.51. The van der Waals surface area contributed by atoms with E-state index >= 15 is 0 Å². The fraction of sp³-hybridized carbons (Fsp3) is 0.562. The van der Waals surface area contributed by atoms with Crippen LogP contribution in [0.25, 0.3) is 0 Å². The lowest BCUT2D eigenvalue weighted by Gasteiger charge is -2.23. The Morgan fingerprint density at radius 3 is 2.53 bits per heavy atom. The van der Waals surface area contributed by atoms with Gasteiger partial charge < -0.3 is 10.1 Å². The van der Waals surface area contributed by atoms with E-state index in [1.165, 1.54) is 0 Å². The first-order valence-corrected chi connectivity index (χ1v) is 6.82. The summed E-state index contributed by atoms with van der Waals surface area (Å²) in [4.78, 5) is 11.5. The Labute approximate surface area is 116 Å². The molecule has 0 heterocycles. The number of carbonyl (C=O) groups excluding carboxylic acids is 1. The van der Waals surface area contributed by atoms with Gasteiger partial charge in [-0.1, -0.05) is 33.8 Å². The zero-order chi connectivity index (χ0) is 14.5. The third kappa shape index (κ3) is 4.58. The van der Waals surface area contributed by atoms with Gasteiger partial charge in [0.05, 0.1) is 7.11 Å². The van der Waals surface area contributed by atoms with Crippen molar-refractivity contribution in [2.75, 3.05) is 7.11 Å². The summed E-state index contributed by atoms with van der Waals surface area (Å²) in [5.41, 5.74) is 2.29. The Morgan fingerprint density at radius 1 is 1.32 bits per heavy atom. The maximum Gasteiger partial charge on any atom is 0.220 e. The molecule has 3 nitrogen and oxygen atoms in total. The van der Waals surface area contributed by atoms with Gasteiger partial charge in [-0.2, -0.15) is 0 Å². The average Bonchev–Trinajstić information content (AvgIpc) is 2.35. The number of carbonyl (C=O) groups is 1. The smallest absolute Gasteiger partial charge is 0.220 e. The lowest BCUT2D eigenvalue weighted by atomic mass is 9.85. The van der Waals surface area contributed by atoms with Gasteiger partial charge in [0.25, 0.3) is 0 Å². The summed E-state index contributed by atoms with van der Waals surface area (Å²) in [7, 11) is 1.69. The van der Waals surface area contributed by atoms with Gasteiger partial charge in [-0.15, -0.1) is 0 Å². The minimum absolute atomic E-state index is 0.0226. The van der Waals surface area contributed by atoms with Crippen molar-refractivity contribution in [1.82, 2.24) is 5.32 Å². The molecular formula is C16H25NO2. The molecule has 1 aromatic carbocycles. The SMILES string of the molecule is CCCC(=O)NCc1ccc(OC)c(C(C)(C)C)c1. The Morgan fingerprint density at radius 2 is 2.00 bits per heavy atom. The second-order valence-corrected chi connectivity index (χ2v) is 5.81. The second kappa shape index (κ2) is 6.60. The van der Waals surface area contributed by atoms with Crippen LogP contribution in [-0.2, 0) is 16.8 Å². The Bertz CT molecular complexity index is 433. The monoisotopic (exact) mass is 263 g/mol. The first-order valence-electron chi connectivity index (χ1n) is 6.82. The third-order valence-corrected chi connectivity index (χ3v) is 3.04. The van der Waals surface area contributed by atoms with E-state index in [0.717, 1.165) is 23.3 Å². The van der Waals surface area contributed by atoms with Gasteiger partial charge in [0, 0.05) is 13.0 Å². The van der Waals surface area contributed by atoms with Crippen LogP contribution in [0.3, 0.4) is 0 Å². The van der Waals surface area contributed by atoms with Gasteiger partial charge in [-0.05, 0) is 35.1 Å². The van der Waals surface area contributed by atoms with E-state index < -0.39 is 0 Å². The predicted octanol–water partition coefficient (Wildman–Crippen LogP) is 3.41. The van der Waals surface area contributed by atoms with Crippen molar-refractivity contribution in [1.29, 1.82) is 0 Å². The molecule has 0 fully saturated rings. The number of rotatable bonds is 5. The molecule has 0 aromatic heterocycles. The molecule has 1 N–H and O–H groups in total. The van der Waals surface area contributed by atoms with Crippen molar-refractivity contribution in [3.63, 3.8) is 0 Å². The summed E-state index contributed by atoms with van der Waals surface area (Å²) in [5, 5.41) is 2.94. The molecular weight excluding hydrogens is 238 g/mol. The van der Waals surface area contributed by atoms with E-state index in [0.29, 0.717) is 13.0 Å². The maximum atomic E-state index is 11.5. The number of benzene rings is 1. The third-order valence-electron chi connectivity index (χ3n) is 3.04. The zero-order valence-corrected chi connectivity index (χ0v) is 12.7. The topological polar surface area (TPSA) is 38.3 Å². The van der Waals surface area contributed by atoms with Gasteiger partial charge in [0.2, 0.25) is 5.91 Å². The van der Waals surface area contributed by atoms with Crippen molar-refractivity contribution >= 4 is 5.91 Å². The second-order valence-electron chi connectivity index (χ2n) is 5.81. The van der Waals surface area contributed by atoms with Gasteiger partial charge in [0.15, 0.2) is 0 Å². The molecule has 106 valence electrons. The van der Waals surface area contributed by atoms with Gasteiger partial charge in [0.1, 0.15) is 5.75 Å². The van der Waals surface area contributed by atoms with Crippen LogP contribution >= 0.6 is 0 Å². The van der Waals surface area contributed by atoms with E-state index in [9.17, 15) is 4.79 Å². The van der Waals surface area contributed by atoms with Crippen LogP contribution in [0.5, 0.6) is 5.75 Å². The largest absolute Gasteiger partial charge is 0.496 e. The van der Waals surface area contributed by atoms with Crippen LogP contribution in [-0.4, -0.2) is 13.0 Å². The van der Waals surface area contributed by atoms with Crippen molar-refractivity contribution in [2.45, 2.75) is 52.5 Å². The van der Waals surface area contributed by atoms with Crippen molar-refractivity contribution in [3.05, 3.63) is 29.3 Å². The molecule has 0 atom stereocenters. The van der Waals surface area contributed by atoms with Gasteiger partial charge >= 0.3 is 0 Å². The summed E-state index contributed by atoms with van der Waals surface area (Å²) < 4.78 is 5.40. The molecule has 1 rings (SSSR count). The highest BCUT2D eigenvalue weighted by Gasteiger charge is 2.19. The van der Waals surface area contributed by atoms with Gasteiger partial charge in [-0.25, -0.2) is 0 Å². The fourth-order valence-electron chi connectivity index (χ4n) is 1.97. The number of nitrogens with one attached hydrogen (secondary N) is 1. The molecule has 0 unspecified atom stereocenters. The first-order chi connectivity index (χ1) is 8.88. The molecule has 0 aliphatic carbocycles. The predicted molar refractivity (Wildman–Crippen MR) is 78.4 cm³/mol. The van der Waals surface area contributed by atoms with Crippen LogP contribution < -0.4 is 10.1 Å². The van der Waals surface area contributed by atoms with Crippen LogP contribution in [0.15, 0.2) is 18.2 Å². The van der Waals surface area contributed by atoms with E-state index in [1.807, 2.05) is 19.1 Å². The summed E-state index contributed by atoms with van der Waals surface area (Å²) in [6.45, 7) is 9.05. The number of methoxy groups -OCH3 is 1. The number of hydrogen-bond donors (Lipinski definition) is 1. The van der Waals surface area contributed by atoms with Crippen LogP contribution in [0, 0.1) is 0 Å². The summed E-state index contributed by atoms with van der Waals surface area (Å²) in [6.07, 6.45) is 1.46. The van der Waals surface area contributed by atoms with E-state index in [-0.39, 0.29) is 11.3 Å². The number of hydrogen-bond acceptors (Lipinski definition) is 2. The summed E-state index contributed by atoms with van der Waals surface area (Å²) in [6, 6.07) is 6.09. The lowest BCUT2D eigenvalue weighted by molar-refractivity contribution is -0.121. The van der Waals surface area contributed by atoms with Crippen molar-refractivity contribution in [2.24, 2.45) is 0 Å². The average molecular weight is 263 g/mol. The van der Waals surface area contributed by atoms with E-state index in [4.69, 9.17) is 4.74 Å². The number of ether oxygens (including phenoxy) is 1. The molecule has 0 spiro atoms. The maximum absolute atomic E-state index is 11.5.